The Kier molecular flexibility index (Phi) is 5.47. The van der Waals surface area contributed by atoms with Crippen LogP contribution in [-0.2, 0) is 6.54 Å². The molecule has 1 fully saturated rings. The van der Waals surface area contributed by atoms with Crippen molar-refractivity contribution in [3.8, 4) is 11.8 Å². The molecular weight excluding hydrogens is 353 g/mol. The summed E-state index contributed by atoms with van der Waals surface area (Å²) < 4.78 is 18.7. The third-order valence-corrected chi connectivity index (χ3v) is 4.48. The summed E-state index contributed by atoms with van der Waals surface area (Å²) in [7, 11) is 1.43. The highest BCUT2D eigenvalue weighted by atomic mass is 19.1. The molecule has 2 heterocycles. The molecule has 0 atom stereocenters. The molecule has 1 aliphatic rings. The number of hydrogen-bond donors (Lipinski definition) is 0. The molecule has 0 saturated carbocycles. The van der Waals surface area contributed by atoms with E-state index in [9.17, 15) is 14.5 Å². The van der Waals surface area contributed by atoms with Crippen molar-refractivity contribution in [3.63, 3.8) is 0 Å². The van der Waals surface area contributed by atoms with E-state index in [-0.39, 0.29) is 22.9 Å². The summed E-state index contributed by atoms with van der Waals surface area (Å²) in [5, 5.41) is 20.0. The lowest BCUT2D eigenvalue weighted by molar-refractivity contribution is -0.385. The van der Waals surface area contributed by atoms with Crippen LogP contribution in [0.2, 0.25) is 0 Å². The van der Waals surface area contributed by atoms with Gasteiger partial charge in [-0.15, -0.1) is 0 Å². The van der Waals surface area contributed by atoms with Gasteiger partial charge in [-0.25, -0.2) is 9.37 Å². The van der Waals surface area contributed by atoms with Crippen molar-refractivity contribution in [2.24, 2.45) is 0 Å². The Labute approximate surface area is 155 Å². The first kappa shape index (κ1) is 18.5. The standard InChI is InChI=1S/C18H18FN5O3/c1-27-17-4-2-13(10-14(17)19)12-22-6-8-23(9-7-22)18-5-3-16(24(25)26)15(11-20)21-18/h2-5,10H,6-9,12H2,1H3. The molecule has 3 rings (SSSR count). The highest BCUT2D eigenvalue weighted by Gasteiger charge is 2.22. The van der Waals surface area contributed by atoms with E-state index in [1.807, 2.05) is 11.0 Å². The fourth-order valence-corrected chi connectivity index (χ4v) is 3.05. The average molecular weight is 371 g/mol. The van der Waals surface area contributed by atoms with Gasteiger partial charge in [0, 0.05) is 38.8 Å². The van der Waals surface area contributed by atoms with Gasteiger partial charge in [0.2, 0.25) is 5.69 Å². The summed E-state index contributed by atoms with van der Waals surface area (Å²) in [6.07, 6.45) is 0. The number of halogens is 1. The van der Waals surface area contributed by atoms with Gasteiger partial charge in [-0.2, -0.15) is 5.26 Å². The second-order valence-electron chi connectivity index (χ2n) is 6.14. The van der Waals surface area contributed by atoms with Crippen molar-refractivity contribution in [2.75, 3.05) is 38.2 Å². The van der Waals surface area contributed by atoms with Crippen LogP contribution in [0.15, 0.2) is 30.3 Å². The van der Waals surface area contributed by atoms with Gasteiger partial charge in [0.15, 0.2) is 11.6 Å². The van der Waals surface area contributed by atoms with Crippen LogP contribution < -0.4 is 9.64 Å². The number of nitriles is 1. The van der Waals surface area contributed by atoms with E-state index in [4.69, 9.17) is 10.00 Å². The number of hydrogen-bond acceptors (Lipinski definition) is 7. The minimum Gasteiger partial charge on any atom is -0.494 e. The summed E-state index contributed by atoms with van der Waals surface area (Å²) in [4.78, 5) is 18.6. The number of rotatable bonds is 5. The van der Waals surface area contributed by atoms with Crippen molar-refractivity contribution < 1.29 is 14.1 Å². The normalized spacial score (nSPS) is 14.6. The van der Waals surface area contributed by atoms with Crippen LogP contribution in [0.1, 0.15) is 11.3 Å². The van der Waals surface area contributed by atoms with Crippen LogP contribution in [0.3, 0.4) is 0 Å². The van der Waals surface area contributed by atoms with Crippen molar-refractivity contribution >= 4 is 11.5 Å². The zero-order valence-electron chi connectivity index (χ0n) is 14.8. The predicted molar refractivity (Wildman–Crippen MR) is 96.0 cm³/mol. The van der Waals surface area contributed by atoms with E-state index in [1.54, 1.807) is 18.2 Å². The monoisotopic (exact) mass is 371 g/mol. The van der Waals surface area contributed by atoms with E-state index in [2.05, 4.69) is 9.88 Å². The van der Waals surface area contributed by atoms with E-state index >= 15 is 0 Å². The highest BCUT2D eigenvalue weighted by Crippen LogP contribution is 2.23. The molecule has 0 N–H and O–H groups in total. The van der Waals surface area contributed by atoms with Crippen LogP contribution in [-0.4, -0.2) is 48.1 Å². The number of anilines is 1. The Morgan fingerprint density at radius 1 is 1.30 bits per heavy atom. The quantitative estimate of drug-likeness (QED) is 0.588. The summed E-state index contributed by atoms with van der Waals surface area (Å²) in [5.74, 6) is 0.390. The minimum atomic E-state index is -0.610. The zero-order valence-corrected chi connectivity index (χ0v) is 14.8. The molecule has 140 valence electrons. The van der Waals surface area contributed by atoms with Crippen LogP contribution in [0.5, 0.6) is 5.75 Å². The number of aromatic nitrogens is 1. The van der Waals surface area contributed by atoms with Crippen molar-refractivity contribution in [3.05, 3.63) is 57.5 Å². The summed E-state index contributed by atoms with van der Waals surface area (Å²) in [6.45, 7) is 3.40. The molecular formula is C18H18FN5O3. The Morgan fingerprint density at radius 3 is 2.63 bits per heavy atom. The minimum absolute atomic E-state index is 0.186. The first-order valence-electron chi connectivity index (χ1n) is 8.37. The SMILES string of the molecule is COc1ccc(CN2CCN(c3ccc([N+](=O)[O-])c(C#N)n3)CC2)cc1F. The molecule has 2 aromatic rings. The topological polar surface area (TPSA) is 95.5 Å². The number of pyridine rings is 1. The number of methoxy groups -OCH3 is 1. The summed E-state index contributed by atoms with van der Waals surface area (Å²) in [5.41, 5.74) is 0.386. The maximum atomic E-state index is 13.8. The summed E-state index contributed by atoms with van der Waals surface area (Å²) >= 11 is 0. The molecule has 9 heteroatoms. The van der Waals surface area contributed by atoms with Crippen LogP contribution >= 0.6 is 0 Å². The molecule has 1 aromatic heterocycles. The van der Waals surface area contributed by atoms with E-state index < -0.39 is 4.92 Å². The molecule has 27 heavy (non-hydrogen) atoms. The Morgan fingerprint density at radius 2 is 2.04 bits per heavy atom. The maximum Gasteiger partial charge on any atom is 0.305 e. The molecule has 0 unspecified atom stereocenters. The third-order valence-electron chi connectivity index (χ3n) is 4.48. The number of nitrogens with zero attached hydrogens (tertiary/aromatic N) is 5. The van der Waals surface area contributed by atoms with E-state index in [1.165, 1.54) is 19.2 Å². The van der Waals surface area contributed by atoms with Crippen molar-refractivity contribution in [1.29, 1.82) is 5.26 Å². The lowest BCUT2D eigenvalue weighted by Crippen LogP contribution is -2.46. The number of piperazine rings is 1. The zero-order chi connectivity index (χ0) is 19.4. The molecule has 0 amide bonds. The van der Waals surface area contributed by atoms with Gasteiger partial charge in [0.25, 0.3) is 0 Å². The van der Waals surface area contributed by atoms with Gasteiger partial charge in [0.05, 0.1) is 12.0 Å². The number of nitro groups is 1. The van der Waals surface area contributed by atoms with Gasteiger partial charge in [0.1, 0.15) is 11.9 Å². The van der Waals surface area contributed by atoms with Crippen LogP contribution in [0.25, 0.3) is 0 Å². The Bertz CT molecular complexity index is 891. The molecule has 8 nitrogen and oxygen atoms in total. The molecule has 0 spiro atoms. The molecule has 1 aliphatic heterocycles. The molecule has 0 bridgehead atoms. The van der Waals surface area contributed by atoms with Gasteiger partial charge in [-0.1, -0.05) is 6.07 Å². The van der Waals surface area contributed by atoms with Crippen LogP contribution in [0.4, 0.5) is 15.9 Å². The van der Waals surface area contributed by atoms with Gasteiger partial charge >= 0.3 is 5.69 Å². The van der Waals surface area contributed by atoms with E-state index in [0.717, 1.165) is 18.7 Å². The predicted octanol–water partition coefficient (Wildman–Crippen LogP) is 2.33. The molecule has 1 aromatic carbocycles. The van der Waals surface area contributed by atoms with Gasteiger partial charge < -0.3 is 9.64 Å². The third kappa shape index (κ3) is 4.12. The lowest BCUT2D eigenvalue weighted by atomic mass is 10.1. The Hall–Kier alpha value is -3.25. The molecule has 0 aliphatic carbocycles. The second-order valence-corrected chi connectivity index (χ2v) is 6.14. The summed E-state index contributed by atoms with van der Waals surface area (Å²) in [6, 6.07) is 9.58. The molecule has 0 radical (unpaired) electrons. The van der Waals surface area contributed by atoms with Gasteiger partial charge in [-0.05, 0) is 23.8 Å². The fourth-order valence-electron chi connectivity index (χ4n) is 3.05. The second kappa shape index (κ2) is 7.97. The first-order valence-corrected chi connectivity index (χ1v) is 8.37. The smallest absolute Gasteiger partial charge is 0.305 e. The average Bonchev–Trinajstić information content (AvgIpc) is 2.68. The molecule has 1 saturated heterocycles. The van der Waals surface area contributed by atoms with Gasteiger partial charge in [-0.3, -0.25) is 15.0 Å². The lowest BCUT2D eigenvalue weighted by Gasteiger charge is -2.35. The first-order chi connectivity index (χ1) is 13.0. The number of ether oxygens (including phenoxy) is 1. The van der Waals surface area contributed by atoms with Crippen molar-refractivity contribution in [1.82, 2.24) is 9.88 Å². The highest BCUT2D eigenvalue weighted by molar-refractivity contribution is 5.51. The van der Waals surface area contributed by atoms with E-state index in [0.29, 0.717) is 25.5 Å². The van der Waals surface area contributed by atoms with Crippen molar-refractivity contribution in [2.45, 2.75) is 6.54 Å². The Balaban J connectivity index is 1.63. The number of benzene rings is 1. The van der Waals surface area contributed by atoms with Crippen LogP contribution in [0, 0.1) is 27.3 Å². The maximum absolute atomic E-state index is 13.8. The fraction of sp³-hybridized carbons (Fsp3) is 0.333. The largest absolute Gasteiger partial charge is 0.494 e.